The van der Waals surface area contributed by atoms with Crippen LogP contribution in [0.15, 0.2) is 0 Å². The summed E-state index contributed by atoms with van der Waals surface area (Å²) >= 11 is 0. The Kier molecular flexibility index (Phi) is 12.9. The van der Waals surface area contributed by atoms with Gasteiger partial charge in [-0.05, 0) is 6.42 Å². The van der Waals surface area contributed by atoms with Gasteiger partial charge in [0.25, 0.3) is 5.41 Å². The van der Waals surface area contributed by atoms with E-state index in [1.165, 1.54) is 38.5 Å². The summed E-state index contributed by atoms with van der Waals surface area (Å²) in [5.74, 6) is -10.3. The summed E-state index contributed by atoms with van der Waals surface area (Å²) in [7, 11) is 0. The zero-order valence-electron chi connectivity index (χ0n) is 16.7. The highest BCUT2D eigenvalue weighted by Gasteiger charge is 2.62. The topological polar surface area (TPSA) is 149 Å². The van der Waals surface area contributed by atoms with Gasteiger partial charge in [-0.15, -0.1) is 0 Å². The summed E-state index contributed by atoms with van der Waals surface area (Å²) in [6.45, 7) is 2.18. The Labute approximate surface area is 165 Å². The minimum absolute atomic E-state index is 0.267. The predicted molar refractivity (Wildman–Crippen MR) is 102 cm³/mol. The zero-order valence-corrected chi connectivity index (χ0v) is 16.7. The Balaban J connectivity index is 4.31. The van der Waals surface area contributed by atoms with E-state index in [9.17, 15) is 24.3 Å². The molecule has 8 nitrogen and oxygen atoms in total. The first-order valence-electron chi connectivity index (χ1n) is 10.2. The van der Waals surface area contributed by atoms with Crippen molar-refractivity contribution in [1.82, 2.24) is 0 Å². The zero-order chi connectivity index (χ0) is 21.6. The number of carboxylic acids is 4. The van der Waals surface area contributed by atoms with Gasteiger partial charge in [-0.2, -0.15) is 0 Å². The van der Waals surface area contributed by atoms with Crippen molar-refractivity contribution in [2.45, 2.75) is 90.4 Å². The van der Waals surface area contributed by atoms with E-state index in [0.29, 0.717) is 6.42 Å². The average Bonchev–Trinajstić information content (AvgIpc) is 2.60. The predicted octanol–water partition coefficient (Wildman–Crippen LogP) is 4.02. The normalized spacial score (nSPS) is 12.5. The molecule has 0 bridgehead atoms. The smallest absolute Gasteiger partial charge is 0.333 e. The Morgan fingerprint density at radius 3 is 1.21 bits per heavy atom. The van der Waals surface area contributed by atoms with Crippen LogP contribution in [-0.2, 0) is 19.2 Å². The minimum atomic E-state index is -3.37. The van der Waals surface area contributed by atoms with Crippen LogP contribution in [-0.4, -0.2) is 44.3 Å². The van der Waals surface area contributed by atoms with E-state index in [0.717, 1.165) is 25.7 Å². The third kappa shape index (κ3) is 7.86. The van der Waals surface area contributed by atoms with E-state index in [4.69, 9.17) is 15.3 Å². The van der Waals surface area contributed by atoms with Gasteiger partial charge in [0.05, 0.1) is 5.92 Å². The van der Waals surface area contributed by atoms with Gasteiger partial charge < -0.3 is 20.4 Å². The Morgan fingerprint density at radius 1 is 0.607 bits per heavy atom. The molecule has 0 aromatic heterocycles. The molecule has 0 saturated heterocycles. The van der Waals surface area contributed by atoms with E-state index < -0.39 is 35.2 Å². The molecule has 0 radical (unpaired) electrons. The quantitative estimate of drug-likeness (QED) is 0.198. The molecule has 0 rings (SSSR count). The number of carboxylic acid groups (broad SMARTS) is 4. The maximum Gasteiger partial charge on any atom is 0.333 e. The highest BCUT2D eigenvalue weighted by atomic mass is 16.4. The van der Waals surface area contributed by atoms with Crippen molar-refractivity contribution < 1.29 is 39.6 Å². The molecule has 0 saturated carbocycles. The van der Waals surface area contributed by atoms with Crippen LogP contribution in [0.5, 0.6) is 0 Å². The fourth-order valence-corrected chi connectivity index (χ4v) is 3.44. The molecule has 0 aromatic rings. The number of unbranched alkanes of at least 4 members (excludes halogenated alkanes) is 11. The van der Waals surface area contributed by atoms with E-state index in [1.54, 1.807) is 0 Å². The monoisotopic (exact) mass is 402 g/mol. The molecule has 0 heterocycles. The van der Waals surface area contributed by atoms with Crippen LogP contribution in [0.25, 0.3) is 0 Å². The Morgan fingerprint density at radius 2 is 0.929 bits per heavy atom. The first-order valence-corrected chi connectivity index (χ1v) is 10.2. The maximum atomic E-state index is 11.4. The van der Waals surface area contributed by atoms with E-state index in [1.807, 2.05) is 0 Å². The second-order valence-electron chi connectivity index (χ2n) is 7.29. The van der Waals surface area contributed by atoms with Crippen molar-refractivity contribution in [1.29, 1.82) is 0 Å². The fraction of sp³-hybridized carbons (Fsp3) is 0.800. The summed E-state index contributed by atoms with van der Waals surface area (Å²) < 4.78 is 0. The van der Waals surface area contributed by atoms with Gasteiger partial charge in [0.1, 0.15) is 0 Å². The van der Waals surface area contributed by atoms with Crippen molar-refractivity contribution in [3.05, 3.63) is 0 Å². The van der Waals surface area contributed by atoms with E-state index in [-0.39, 0.29) is 12.8 Å². The molecule has 0 aliphatic heterocycles. The standard InChI is InChI=1S/C20H34O8/c1-2-3-4-5-6-7-8-9-10-11-12-13-14-15(16(21)22)20(17(23)24,18(25)26)19(27)28/h15H,2-14H2,1H3,(H,21,22)(H,23,24)(H,25,26)(H,27,28). The van der Waals surface area contributed by atoms with Gasteiger partial charge in [-0.3, -0.25) is 19.2 Å². The number of aliphatic carboxylic acids is 4. The second-order valence-corrected chi connectivity index (χ2v) is 7.29. The molecular weight excluding hydrogens is 368 g/mol. The molecule has 1 unspecified atom stereocenters. The molecule has 0 aromatic carbocycles. The first kappa shape index (κ1) is 25.9. The highest BCUT2D eigenvalue weighted by Crippen LogP contribution is 2.34. The third-order valence-electron chi connectivity index (χ3n) is 5.18. The van der Waals surface area contributed by atoms with Crippen LogP contribution in [0.3, 0.4) is 0 Å². The molecular formula is C20H34O8. The fourth-order valence-electron chi connectivity index (χ4n) is 3.44. The molecule has 0 amide bonds. The number of hydrogen-bond acceptors (Lipinski definition) is 4. The number of hydrogen-bond donors (Lipinski definition) is 4. The lowest BCUT2D eigenvalue weighted by Gasteiger charge is -2.26. The molecule has 4 N–H and O–H groups in total. The molecule has 0 fully saturated rings. The molecule has 0 aliphatic carbocycles. The summed E-state index contributed by atoms with van der Waals surface area (Å²) in [6, 6.07) is 0. The largest absolute Gasteiger partial charge is 0.481 e. The van der Waals surface area contributed by atoms with Crippen LogP contribution >= 0.6 is 0 Å². The highest BCUT2D eigenvalue weighted by molar-refractivity contribution is 6.18. The lowest BCUT2D eigenvalue weighted by Crippen LogP contribution is -2.54. The van der Waals surface area contributed by atoms with Crippen molar-refractivity contribution >= 4 is 23.9 Å². The third-order valence-corrected chi connectivity index (χ3v) is 5.18. The van der Waals surface area contributed by atoms with Crippen molar-refractivity contribution in [2.75, 3.05) is 0 Å². The molecule has 8 heteroatoms. The molecule has 0 aliphatic rings. The van der Waals surface area contributed by atoms with Gasteiger partial charge in [0.15, 0.2) is 0 Å². The number of carbonyl (C=O) groups is 4. The van der Waals surface area contributed by atoms with Gasteiger partial charge in [-0.1, -0.05) is 84.0 Å². The SMILES string of the molecule is CCCCCCCCCCCCCCC(C(=O)O)C(C(=O)O)(C(=O)O)C(=O)O. The van der Waals surface area contributed by atoms with Crippen LogP contribution in [0.1, 0.15) is 90.4 Å². The van der Waals surface area contributed by atoms with Crippen LogP contribution in [0.2, 0.25) is 0 Å². The van der Waals surface area contributed by atoms with Gasteiger partial charge in [0.2, 0.25) is 0 Å². The van der Waals surface area contributed by atoms with Crippen LogP contribution < -0.4 is 0 Å². The minimum Gasteiger partial charge on any atom is -0.481 e. The molecule has 1 atom stereocenters. The van der Waals surface area contributed by atoms with Crippen molar-refractivity contribution in [3.63, 3.8) is 0 Å². The molecule has 162 valence electrons. The summed E-state index contributed by atoms with van der Waals surface area (Å²) in [6.07, 6.45) is 12.1. The lowest BCUT2D eigenvalue weighted by molar-refractivity contribution is -0.186. The lowest BCUT2D eigenvalue weighted by atomic mass is 9.72. The number of rotatable bonds is 18. The maximum absolute atomic E-state index is 11.4. The van der Waals surface area contributed by atoms with Gasteiger partial charge in [-0.25, -0.2) is 0 Å². The second kappa shape index (κ2) is 14.0. The van der Waals surface area contributed by atoms with Crippen LogP contribution in [0, 0.1) is 11.3 Å². The van der Waals surface area contributed by atoms with Crippen LogP contribution in [0.4, 0.5) is 0 Å². The first-order chi connectivity index (χ1) is 13.2. The molecule has 0 spiro atoms. The van der Waals surface area contributed by atoms with Gasteiger partial charge in [0, 0.05) is 0 Å². The average molecular weight is 402 g/mol. The summed E-state index contributed by atoms with van der Waals surface area (Å²) in [5.41, 5.74) is -3.37. The van der Waals surface area contributed by atoms with Gasteiger partial charge >= 0.3 is 23.9 Å². The Bertz CT molecular complexity index is 478. The molecule has 28 heavy (non-hydrogen) atoms. The van der Waals surface area contributed by atoms with Crippen molar-refractivity contribution in [2.24, 2.45) is 11.3 Å². The summed E-state index contributed by atoms with van der Waals surface area (Å²) in [4.78, 5) is 45.4. The van der Waals surface area contributed by atoms with E-state index >= 15 is 0 Å². The summed E-state index contributed by atoms with van der Waals surface area (Å²) in [5, 5.41) is 36.7. The van der Waals surface area contributed by atoms with Crippen molar-refractivity contribution in [3.8, 4) is 0 Å². The Hall–Kier alpha value is -2.12. The van der Waals surface area contributed by atoms with E-state index in [2.05, 4.69) is 6.92 Å².